The number of nitrogens with zero attached hydrogens (tertiary/aromatic N) is 2. The van der Waals surface area contributed by atoms with Gasteiger partial charge in [-0.05, 0) is 48.9 Å². The van der Waals surface area contributed by atoms with Crippen LogP contribution in [0.1, 0.15) is 5.56 Å². The van der Waals surface area contributed by atoms with Gasteiger partial charge in [-0.2, -0.15) is 0 Å². The fraction of sp³-hybridized carbons (Fsp3) is 0.222. The Bertz CT molecular complexity index is 828. The maximum atomic E-state index is 12.5. The van der Waals surface area contributed by atoms with Gasteiger partial charge in [0.2, 0.25) is 5.91 Å². The molecule has 2 aromatic carbocycles. The zero-order valence-corrected chi connectivity index (χ0v) is 16.0. The van der Waals surface area contributed by atoms with Crippen molar-refractivity contribution in [2.24, 2.45) is 0 Å². The van der Waals surface area contributed by atoms with Gasteiger partial charge in [0.05, 0.1) is 0 Å². The van der Waals surface area contributed by atoms with E-state index in [0.717, 1.165) is 21.4 Å². The van der Waals surface area contributed by atoms with Crippen molar-refractivity contribution in [2.45, 2.75) is 6.92 Å². The molecule has 1 fully saturated rings. The number of urea groups is 1. The van der Waals surface area contributed by atoms with E-state index in [-0.39, 0.29) is 18.5 Å². The monoisotopic (exact) mass is 421 g/mol. The number of anilines is 2. The average Bonchev–Trinajstić information content (AvgIpc) is 2.91. The summed E-state index contributed by atoms with van der Waals surface area (Å²) in [6.45, 7) is 2.97. The number of benzene rings is 2. The van der Waals surface area contributed by atoms with Crippen LogP contribution in [0.25, 0.3) is 0 Å². The molecule has 0 unspecified atom stereocenters. The Labute approximate surface area is 159 Å². The van der Waals surface area contributed by atoms with Gasteiger partial charge in [0, 0.05) is 34.0 Å². The van der Waals surface area contributed by atoms with Crippen LogP contribution in [0.5, 0.6) is 0 Å². The van der Waals surface area contributed by atoms with Crippen LogP contribution in [0.2, 0.25) is 5.02 Å². The summed E-state index contributed by atoms with van der Waals surface area (Å²) in [5.74, 6) is -0.216. The molecule has 0 bridgehead atoms. The largest absolute Gasteiger partial charge is 0.325 e. The topological polar surface area (TPSA) is 52.7 Å². The van der Waals surface area contributed by atoms with E-state index in [1.165, 1.54) is 4.90 Å². The molecule has 0 atom stereocenters. The molecule has 5 nitrogen and oxygen atoms in total. The van der Waals surface area contributed by atoms with Gasteiger partial charge in [0.25, 0.3) is 0 Å². The Balaban J connectivity index is 1.63. The molecule has 0 radical (unpaired) electrons. The van der Waals surface area contributed by atoms with Crippen LogP contribution in [0, 0.1) is 6.92 Å². The standard InChI is InChI=1S/C18H17BrClN3O2/c1-12-9-13(19)5-6-16(12)21-17(24)11-22-7-8-23(18(22)25)15-4-2-3-14(20)10-15/h2-6,9-10H,7-8,11H2,1H3,(H,21,24). The first-order valence-electron chi connectivity index (χ1n) is 7.82. The third-order valence-corrected chi connectivity index (χ3v) is 4.74. The van der Waals surface area contributed by atoms with Gasteiger partial charge in [-0.15, -0.1) is 0 Å². The molecule has 130 valence electrons. The zero-order valence-electron chi connectivity index (χ0n) is 13.6. The minimum Gasteiger partial charge on any atom is -0.324 e. The van der Waals surface area contributed by atoms with E-state index < -0.39 is 0 Å². The fourth-order valence-corrected chi connectivity index (χ4v) is 3.40. The van der Waals surface area contributed by atoms with E-state index in [1.54, 1.807) is 23.1 Å². The van der Waals surface area contributed by atoms with E-state index in [1.807, 2.05) is 31.2 Å². The van der Waals surface area contributed by atoms with E-state index in [2.05, 4.69) is 21.2 Å². The van der Waals surface area contributed by atoms with Crippen LogP contribution >= 0.6 is 27.5 Å². The molecular formula is C18H17BrClN3O2. The number of carbonyl (C=O) groups excluding carboxylic acids is 2. The summed E-state index contributed by atoms with van der Waals surface area (Å²) >= 11 is 9.38. The minimum atomic E-state index is -0.216. The number of rotatable bonds is 4. The van der Waals surface area contributed by atoms with Crippen LogP contribution in [-0.4, -0.2) is 36.5 Å². The van der Waals surface area contributed by atoms with Crippen molar-refractivity contribution in [1.82, 2.24) is 4.90 Å². The highest BCUT2D eigenvalue weighted by Gasteiger charge is 2.30. The first-order chi connectivity index (χ1) is 11.9. The Morgan fingerprint density at radius 3 is 2.76 bits per heavy atom. The second-order valence-electron chi connectivity index (χ2n) is 5.84. The summed E-state index contributed by atoms with van der Waals surface area (Å²) in [4.78, 5) is 28.0. The highest BCUT2D eigenvalue weighted by Crippen LogP contribution is 2.24. The normalized spacial score (nSPS) is 14.1. The number of nitrogens with one attached hydrogen (secondary N) is 1. The summed E-state index contributed by atoms with van der Waals surface area (Å²) in [5, 5.41) is 3.43. The number of hydrogen-bond donors (Lipinski definition) is 1. The molecular weight excluding hydrogens is 406 g/mol. The lowest BCUT2D eigenvalue weighted by Gasteiger charge is -2.19. The third kappa shape index (κ3) is 4.14. The molecule has 1 heterocycles. The molecule has 3 amide bonds. The van der Waals surface area contributed by atoms with Crippen molar-refractivity contribution in [3.05, 3.63) is 57.5 Å². The molecule has 1 aliphatic rings. The van der Waals surface area contributed by atoms with Crippen LogP contribution in [-0.2, 0) is 4.79 Å². The fourth-order valence-electron chi connectivity index (χ4n) is 2.74. The first kappa shape index (κ1) is 17.8. The maximum absolute atomic E-state index is 12.5. The molecule has 1 N–H and O–H groups in total. The summed E-state index contributed by atoms with van der Waals surface area (Å²) < 4.78 is 0.954. The number of amides is 3. The van der Waals surface area contributed by atoms with Crippen molar-refractivity contribution in [2.75, 3.05) is 29.9 Å². The average molecular weight is 423 g/mol. The van der Waals surface area contributed by atoms with Gasteiger partial charge in [-0.3, -0.25) is 9.69 Å². The zero-order chi connectivity index (χ0) is 18.0. The lowest BCUT2D eigenvalue weighted by Crippen LogP contribution is -2.37. The van der Waals surface area contributed by atoms with Gasteiger partial charge in [0.1, 0.15) is 6.54 Å². The second-order valence-corrected chi connectivity index (χ2v) is 7.20. The van der Waals surface area contributed by atoms with Crippen molar-refractivity contribution >= 4 is 50.8 Å². The van der Waals surface area contributed by atoms with Crippen LogP contribution in [0.15, 0.2) is 46.9 Å². The van der Waals surface area contributed by atoms with Gasteiger partial charge in [0.15, 0.2) is 0 Å². The summed E-state index contributed by atoms with van der Waals surface area (Å²) in [6, 6.07) is 12.6. The number of hydrogen-bond acceptors (Lipinski definition) is 2. The van der Waals surface area contributed by atoms with Crippen molar-refractivity contribution < 1.29 is 9.59 Å². The second kappa shape index (κ2) is 7.45. The SMILES string of the molecule is Cc1cc(Br)ccc1NC(=O)CN1CCN(c2cccc(Cl)c2)C1=O. The summed E-state index contributed by atoms with van der Waals surface area (Å²) in [5.41, 5.74) is 2.44. The molecule has 25 heavy (non-hydrogen) atoms. The molecule has 2 aromatic rings. The predicted octanol–water partition coefficient (Wildman–Crippen LogP) is 4.29. The highest BCUT2D eigenvalue weighted by atomic mass is 79.9. The minimum absolute atomic E-state index is 0.0192. The van der Waals surface area contributed by atoms with Crippen molar-refractivity contribution in [3.63, 3.8) is 0 Å². The summed E-state index contributed by atoms with van der Waals surface area (Å²) in [7, 11) is 0. The molecule has 3 rings (SSSR count). The Morgan fingerprint density at radius 2 is 2.04 bits per heavy atom. The Kier molecular flexibility index (Phi) is 5.30. The summed E-state index contributed by atoms with van der Waals surface area (Å²) in [6.07, 6.45) is 0. The number of halogens is 2. The molecule has 0 aromatic heterocycles. The molecule has 0 saturated carbocycles. The van der Waals surface area contributed by atoms with E-state index in [4.69, 9.17) is 11.6 Å². The van der Waals surface area contributed by atoms with Crippen LogP contribution in [0.3, 0.4) is 0 Å². The predicted molar refractivity (Wildman–Crippen MR) is 103 cm³/mol. The van der Waals surface area contributed by atoms with E-state index in [0.29, 0.717) is 18.1 Å². The quantitative estimate of drug-likeness (QED) is 0.799. The third-order valence-electron chi connectivity index (χ3n) is 4.01. The van der Waals surface area contributed by atoms with Gasteiger partial charge in [-0.25, -0.2) is 4.79 Å². The van der Waals surface area contributed by atoms with Crippen LogP contribution < -0.4 is 10.2 Å². The lowest BCUT2D eigenvalue weighted by molar-refractivity contribution is -0.116. The molecule has 1 aliphatic heterocycles. The van der Waals surface area contributed by atoms with Crippen molar-refractivity contribution in [1.29, 1.82) is 0 Å². The number of aryl methyl sites for hydroxylation is 1. The van der Waals surface area contributed by atoms with Crippen molar-refractivity contribution in [3.8, 4) is 0 Å². The number of carbonyl (C=O) groups is 2. The molecule has 0 aliphatic carbocycles. The molecule has 1 saturated heterocycles. The first-order valence-corrected chi connectivity index (χ1v) is 8.99. The van der Waals surface area contributed by atoms with E-state index in [9.17, 15) is 9.59 Å². The van der Waals surface area contributed by atoms with Crippen LogP contribution in [0.4, 0.5) is 16.2 Å². The van der Waals surface area contributed by atoms with Gasteiger partial charge in [-0.1, -0.05) is 33.6 Å². The molecule has 0 spiro atoms. The lowest BCUT2D eigenvalue weighted by atomic mass is 10.2. The van der Waals surface area contributed by atoms with E-state index >= 15 is 0 Å². The highest BCUT2D eigenvalue weighted by molar-refractivity contribution is 9.10. The maximum Gasteiger partial charge on any atom is 0.325 e. The Hall–Kier alpha value is -2.05. The Morgan fingerprint density at radius 1 is 1.24 bits per heavy atom. The smallest absolute Gasteiger partial charge is 0.324 e. The van der Waals surface area contributed by atoms with Gasteiger partial charge < -0.3 is 10.2 Å². The van der Waals surface area contributed by atoms with Gasteiger partial charge >= 0.3 is 6.03 Å². The molecule has 7 heteroatoms.